The van der Waals surface area contributed by atoms with Gasteiger partial charge in [-0.1, -0.05) is 32.3 Å². The fourth-order valence-electron chi connectivity index (χ4n) is 1.99. The number of thiophene rings is 1. The molecule has 2 aromatic rings. The maximum atomic E-state index is 13.0. The second-order valence-corrected chi connectivity index (χ2v) is 5.17. The predicted molar refractivity (Wildman–Crippen MR) is 69.6 cm³/mol. The van der Waals surface area contributed by atoms with E-state index in [0.29, 0.717) is 0 Å². The zero-order chi connectivity index (χ0) is 11.4. The topological polar surface area (TPSA) is 0 Å². The molecule has 0 atom stereocenters. The van der Waals surface area contributed by atoms with Crippen LogP contribution < -0.4 is 0 Å². The van der Waals surface area contributed by atoms with Crippen LogP contribution in [-0.4, -0.2) is 0 Å². The summed E-state index contributed by atoms with van der Waals surface area (Å²) >= 11 is 1.76. The average Bonchev–Trinajstić information content (AvgIpc) is 2.67. The largest absolute Gasteiger partial charge is 0.207 e. The van der Waals surface area contributed by atoms with Gasteiger partial charge in [0, 0.05) is 4.88 Å². The number of hydrogen-bond acceptors (Lipinski definition) is 1. The highest BCUT2D eigenvalue weighted by molar-refractivity contribution is 7.11. The molecule has 2 rings (SSSR count). The molecule has 0 nitrogen and oxygen atoms in total. The Bertz CT molecular complexity index is 459. The van der Waals surface area contributed by atoms with Gasteiger partial charge in [0.2, 0.25) is 0 Å². The molecular weight excluding hydrogens is 219 g/mol. The minimum atomic E-state index is -0.136. The molecular formula is C14H17FS. The van der Waals surface area contributed by atoms with E-state index in [4.69, 9.17) is 0 Å². The zero-order valence-corrected chi connectivity index (χ0v) is 10.4. The summed E-state index contributed by atoms with van der Waals surface area (Å²) in [6, 6.07) is 5.10. The van der Waals surface area contributed by atoms with Gasteiger partial charge < -0.3 is 0 Å². The number of benzene rings is 1. The van der Waals surface area contributed by atoms with Crippen molar-refractivity contribution >= 4 is 22.1 Å². The van der Waals surface area contributed by atoms with E-state index in [-0.39, 0.29) is 5.82 Å². The first-order valence-corrected chi connectivity index (χ1v) is 6.85. The summed E-state index contributed by atoms with van der Waals surface area (Å²) in [7, 11) is 0. The highest BCUT2D eigenvalue weighted by Crippen LogP contribution is 2.27. The predicted octanol–water partition coefficient (Wildman–Crippen LogP) is 5.16. The van der Waals surface area contributed by atoms with Crippen molar-refractivity contribution in [1.29, 1.82) is 0 Å². The van der Waals surface area contributed by atoms with Crippen LogP contribution in [0.25, 0.3) is 10.8 Å². The number of hydrogen-bond donors (Lipinski definition) is 0. The lowest BCUT2D eigenvalue weighted by atomic mass is 10.1. The Labute approximate surface area is 100 Å². The quantitative estimate of drug-likeness (QED) is 0.629. The molecule has 0 aliphatic heterocycles. The van der Waals surface area contributed by atoms with Crippen LogP contribution in [0.1, 0.15) is 37.5 Å². The smallest absolute Gasteiger partial charge is 0.123 e. The average molecular weight is 236 g/mol. The van der Waals surface area contributed by atoms with Gasteiger partial charge in [-0.15, -0.1) is 11.3 Å². The maximum absolute atomic E-state index is 13.0. The number of rotatable bonds is 5. The van der Waals surface area contributed by atoms with E-state index in [1.165, 1.54) is 35.9 Å². The van der Waals surface area contributed by atoms with E-state index in [9.17, 15) is 4.39 Å². The van der Waals surface area contributed by atoms with Crippen LogP contribution in [0.15, 0.2) is 23.6 Å². The van der Waals surface area contributed by atoms with Crippen LogP contribution in [0.4, 0.5) is 4.39 Å². The molecule has 0 aliphatic carbocycles. The van der Waals surface area contributed by atoms with Crippen LogP contribution >= 0.6 is 11.3 Å². The van der Waals surface area contributed by atoms with Crippen molar-refractivity contribution < 1.29 is 4.39 Å². The maximum Gasteiger partial charge on any atom is 0.123 e. The van der Waals surface area contributed by atoms with Crippen LogP contribution in [-0.2, 0) is 6.42 Å². The molecule has 0 saturated carbocycles. The molecule has 0 fully saturated rings. The molecule has 0 radical (unpaired) electrons. The van der Waals surface area contributed by atoms with Crippen molar-refractivity contribution in [3.63, 3.8) is 0 Å². The van der Waals surface area contributed by atoms with Crippen LogP contribution in [0.3, 0.4) is 0 Å². The standard InChI is InChI=1S/C14H17FS/c1-2-3-4-5-6-14-13-8-7-12(15)9-11(13)10-16-14/h7-10H,2-6H2,1H3. The lowest BCUT2D eigenvalue weighted by molar-refractivity contribution is 0.629. The molecule has 16 heavy (non-hydrogen) atoms. The molecule has 2 heteroatoms. The second-order valence-electron chi connectivity index (χ2n) is 4.20. The van der Waals surface area contributed by atoms with E-state index >= 15 is 0 Å². The Kier molecular flexibility index (Phi) is 3.94. The highest BCUT2D eigenvalue weighted by atomic mass is 32.1. The fourth-order valence-corrected chi connectivity index (χ4v) is 3.03. The Morgan fingerprint density at radius 2 is 2.06 bits per heavy atom. The second kappa shape index (κ2) is 5.44. The van der Waals surface area contributed by atoms with Crippen LogP contribution in [0.5, 0.6) is 0 Å². The number of aryl methyl sites for hydroxylation is 1. The Balaban J connectivity index is 2.07. The number of fused-ring (bicyclic) bond motifs is 1. The molecule has 0 unspecified atom stereocenters. The minimum absolute atomic E-state index is 0.136. The molecule has 0 spiro atoms. The normalized spacial score (nSPS) is 11.1. The molecule has 1 aromatic carbocycles. The van der Waals surface area contributed by atoms with Gasteiger partial charge in [0.25, 0.3) is 0 Å². The molecule has 1 heterocycles. The first-order chi connectivity index (χ1) is 7.81. The van der Waals surface area contributed by atoms with E-state index in [0.717, 1.165) is 11.8 Å². The van der Waals surface area contributed by atoms with E-state index < -0.39 is 0 Å². The summed E-state index contributed by atoms with van der Waals surface area (Å²) in [6.07, 6.45) is 6.28. The SMILES string of the molecule is CCCCCCc1scc2cc(F)ccc12. The van der Waals surface area contributed by atoms with Crippen molar-refractivity contribution in [2.45, 2.75) is 39.0 Å². The third kappa shape index (κ3) is 2.62. The van der Waals surface area contributed by atoms with Gasteiger partial charge in [0.15, 0.2) is 0 Å². The van der Waals surface area contributed by atoms with Gasteiger partial charge in [-0.25, -0.2) is 4.39 Å². The van der Waals surface area contributed by atoms with Gasteiger partial charge in [-0.05, 0) is 41.1 Å². The molecule has 0 amide bonds. The molecule has 86 valence electrons. The van der Waals surface area contributed by atoms with E-state index in [2.05, 4.69) is 12.3 Å². The first-order valence-electron chi connectivity index (χ1n) is 5.97. The summed E-state index contributed by atoms with van der Waals surface area (Å²) in [5, 5.41) is 4.35. The molecule has 0 N–H and O–H groups in total. The minimum Gasteiger partial charge on any atom is -0.207 e. The fraction of sp³-hybridized carbons (Fsp3) is 0.429. The summed E-state index contributed by atoms with van der Waals surface area (Å²) in [5.41, 5.74) is 0. The van der Waals surface area contributed by atoms with Crippen molar-refractivity contribution in [2.75, 3.05) is 0 Å². The lowest BCUT2D eigenvalue weighted by Gasteiger charge is -1.99. The molecule has 0 bridgehead atoms. The van der Waals surface area contributed by atoms with Gasteiger partial charge in [0.1, 0.15) is 5.82 Å². The number of halogens is 1. The first kappa shape index (κ1) is 11.6. The monoisotopic (exact) mass is 236 g/mol. The lowest BCUT2D eigenvalue weighted by Crippen LogP contribution is -1.83. The van der Waals surface area contributed by atoms with Crippen molar-refractivity contribution in [2.24, 2.45) is 0 Å². The van der Waals surface area contributed by atoms with Gasteiger partial charge in [-0.3, -0.25) is 0 Å². The Morgan fingerprint density at radius 1 is 1.19 bits per heavy atom. The molecule has 0 saturated heterocycles. The third-order valence-electron chi connectivity index (χ3n) is 2.90. The van der Waals surface area contributed by atoms with Gasteiger partial charge in [0.05, 0.1) is 0 Å². The van der Waals surface area contributed by atoms with Crippen LogP contribution in [0, 0.1) is 5.82 Å². The summed E-state index contributed by atoms with van der Waals surface area (Å²) < 4.78 is 13.0. The van der Waals surface area contributed by atoms with E-state index in [1.54, 1.807) is 23.5 Å². The van der Waals surface area contributed by atoms with Crippen LogP contribution in [0.2, 0.25) is 0 Å². The zero-order valence-electron chi connectivity index (χ0n) is 9.63. The van der Waals surface area contributed by atoms with Crippen molar-refractivity contribution in [3.05, 3.63) is 34.3 Å². The van der Waals surface area contributed by atoms with Crippen molar-refractivity contribution in [3.8, 4) is 0 Å². The van der Waals surface area contributed by atoms with Gasteiger partial charge in [-0.2, -0.15) is 0 Å². The molecule has 0 aliphatic rings. The third-order valence-corrected chi connectivity index (χ3v) is 3.98. The Morgan fingerprint density at radius 3 is 2.88 bits per heavy atom. The van der Waals surface area contributed by atoms with E-state index in [1.807, 2.05) is 6.07 Å². The molecule has 1 aromatic heterocycles. The summed E-state index contributed by atoms with van der Waals surface area (Å²) in [5.74, 6) is -0.136. The van der Waals surface area contributed by atoms with Gasteiger partial charge >= 0.3 is 0 Å². The summed E-state index contributed by atoms with van der Waals surface area (Å²) in [6.45, 7) is 2.23. The Hall–Kier alpha value is -0.890. The highest BCUT2D eigenvalue weighted by Gasteiger charge is 2.04. The summed E-state index contributed by atoms with van der Waals surface area (Å²) in [4.78, 5) is 1.41. The van der Waals surface area contributed by atoms with Crippen molar-refractivity contribution in [1.82, 2.24) is 0 Å². The number of unbranched alkanes of at least 4 members (excludes halogenated alkanes) is 3.